The average Bonchev–Trinajstić information content (AvgIpc) is 2.42. The molecule has 0 amide bonds. The van der Waals surface area contributed by atoms with E-state index in [1.54, 1.807) is 0 Å². The molecule has 3 nitrogen and oxygen atoms in total. The third kappa shape index (κ3) is 3.58. The summed E-state index contributed by atoms with van der Waals surface area (Å²) in [6.07, 6.45) is 1.86. The van der Waals surface area contributed by atoms with Crippen LogP contribution in [0.1, 0.15) is 36.6 Å². The summed E-state index contributed by atoms with van der Waals surface area (Å²) in [5.41, 5.74) is 3.34. The maximum absolute atomic E-state index is 6.00. The van der Waals surface area contributed by atoms with E-state index in [0.717, 1.165) is 29.3 Å². The minimum absolute atomic E-state index is 0.534. The fourth-order valence-electron chi connectivity index (χ4n) is 2.03. The largest absolute Gasteiger partial charge is 0.457 e. The van der Waals surface area contributed by atoms with Crippen molar-refractivity contribution in [2.45, 2.75) is 33.2 Å². The number of nitrogens with zero attached hydrogens (tertiary/aromatic N) is 1. The minimum Gasteiger partial charge on any atom is -0.457 e. The normalized spacial score (nSPS) is 10.8. The Morgan fingerprint density at radius 3 is 2.50 bits per heavy atom. The van der Waals surface area contributed by atoms with Crippen LogP contribution in [0.25, 0.3) is 0 Å². The molecule has 2 aromatic rings. The molecule has 0 fully saturated rings. The van der Waals surface area contributed by atoms with Crippen molar-refractivity contribution in [1.82, 2.24) is 10.3 Å². The number of hydrogen-bond acceptors (Lipinski definition) is 3. The van der Waals surface area contributed by atoms with Crippen molar-refractivity contribution in [3.8, 4) is 11.5 Å². The zero-order chi connectivity index (χ0) is 14.5. The molecule has 106 valence electrons. The van der Waals surface area contributed by atoms with Gasteiger partial charge < -0.3 is 10.1 Å². The lowest BCUT2D eigenvalue weighted by atomic mass is 10.0. The van der Waals surface area contributed by atoms with Crippen LogP contribution in [-0.4, -0.2) is 12.0 Å². The van der Waals surface area contributed by atoms with Crippen LogP contribution >= 0.6 is 0 Å². The van der Waals surface area contributed by atoms with E-state index in [1.807, 2.05) is 38.4 Å². The van der Waals surface area contributed by atoms with Crippen LogP contribution in [0.4, 0.5) is 0 Å². The smallest absolute Gasteiger partial charge is 0.135 e. The summed E-state index contributed by atoms with van der Waals surface area (Å²) in [5, 5.41) is 3.13. The van der Waals surface area contributed by atoms with Gasteiger partial charge in [0.25, 0.3) is 0 Å². The summed E-state index contributed by atoms with van der Waals surface area (Å²) in [6, 6.07) is 10.3. The van der Waals surface area contributed by atoms with E-state index in [0.29, 0.717) is 5.92 Å². The average molecular weight is 270 g/mol. The van der Waals surface area contributed by atoms with Crippen molar-refractivity contribution in [2.24, 2.45) is 0 Å². The highest BCUT2D eigenvalue weighted by Gasteiger charge is 2.06. The number of pyridine rings is 1. The number of benzene rings is 1. The van der Waals surface area contributed by atoms with Crippen LogP contribution < -0.4 is 10.1 Å². The van der Waals surface area contributed by atoms with Gasteiger partial charge in [-0.1, -0.05) is 26.0 Å². The summed E-state index contributed by atoms with van der Waals surface area (Å²) in [6.45, 7) is 7.09. The Balaban J connectivity index is 2.22. The van der Waals surface area contributed by atoms with Crippen LogP contribution in [0, 0.1) is 6.92 Å². The molecule has 0 radical (unpaired) electrons. The van der Waals surface area contributed by atoms with E-state index in [-0.39, 0.29) is 0 Å². The lowest BCUT2D eigenvalue weighted by Gasteiger charge is -2.12. The van der Waals surface area contributed by atoms with Crippen LogP contribution in [0.5, 0.6) is 11.5 Å². The van der Waals surface area contributed by atoms with Gasteiger partial charge in [0.1, 0.15) is 11.5 Å². The maximum atomic E-state index is 6.00. The summed E-state index contributed by atoms with van der Waals surface area (Å²) < 4.78 is 6.00. The zero-order valence-electron chi connectivity index (χ0n) is 12.6. The molecular formula is C17H22N2O. The standard InChI is InChI=1S/C17H22N2O/c1-12(2)14-5-7-16(8-6-14)20-17-9-13(3)19-11-15(17)10-18-4/h5-9,11-12,18H,10H2,1-4H3. The quantitative estimate of drug-likeness (QED) is 0.891. The Kier molecular flexibility index (Phi) is 4.74. The minimum atomic E-state index is 0.534. The predicted octanol–water partition coefficient (Wildman–Crippen LogP) is 4.03. The number of aryl methyl sites for hydroxylation is 1. The Hall–Kier alpha value is -1.87. The topological polar surface area (TPSA) is 34.2 Å². The van der Waals surface area contributed by atoms with Gasteiger partial charge in [0.15, 0.2) is 0 Å². The predicted molar refractivity (Wildman–Crippen MR) is 82.3 cm³/mol. The molecule has 0 bridgehead atoms. The Morgan fingerprint density at radius 1 is 1.20 bits per heavy atom. The zero-order valence-corrected chi connectivity index (χ0v) is 12.6. The summed E-state index contributed by atoms with van der Waals surface area (Å²) >= 11 is 0. The second kappa shape index (κ2) is 6.53. The van der Waals surface area contributed by atoms with Crippen molar-refractivity contribution in [1.29, 1.82) is 0 Å². The van der Waals surface area contributed by atoms with Crippen molar-refractivity contribution < 1.29 is 4.74 Å². The SMILES string of the molecule is CNCc1cnc(C)cc1Oc1ccc(C(C)C)cc1. The molecule has 3 heteroatoms. The van der Waals surface area contributed by atoms with Gasteiger partial charge >= 0.3 is 0 Å². The number of hydrogen-bond donors (Lipinski definition) is 1. The van der Waals surface area contributed by atoms with Crippen molar-refractivity contribution in [2.75, 3.05) is 7.05 Å². The highest BCUT2D eigenvalue weighted by atomic mass is 16.5. The van der Waals surface area contributed by atoms with Gasteiger partial charge in [0.05, 0.1) is 0 Å². The molecule has 1 aromatic heterocycles. The second-order valence-corrected chi connectivity index (χ2v) is 5.29. The fraction of sp³-hybridized carbons (Fsp3) is 0.353. The molecule has 1 N–H and O–H groups in total. The molecular weight excluding hydrogens is 248 g/mol. The fourth-order valence-corrected chi connectivity index (χ4v) is 2.03. The monoisotopic (exact) mass is 270 g/mol. The van der Waals surface area contributed by atoms with Gasteiger partial charge in [-0.05, 0) is 37.6 Å². The molecule has 1 heterocycles. The van der Waals surface area contributed by atoms with Gasteiger partial charge in [0, 0.05) is 30.1 Å². The summed E-state index contributed by atoms with van der Waals surface area (Å²) in [7, 11) is 1.92. The molecule has 0 saturated heterocycles. The Morgan fingerprint density at radius 2 is 1.90 bits per heavy atom. The highest BCUT2D eigenvalue weighted by molar-refractivity contribution is 5.38. The van der Waals surface area contributed by atoms with Gasteiger partial charge in [-0.3, -0.25) is 4.98 Å². The number of rotatable bonds is 5. The molecule has 0 aliphatic heterocycles. The first kappa shape index (κ1) is 14.5. The third-order valence-electron chi connectivity index (χ3n) is 3.22. The van der Waals surface area contributed by atoms with Crippen LogP contribution in [0.15, 0.2) is 36.5 Å². The first-order chi connectivity index (χ1) is 9.60. The highest BCUT2D eigenvalue weighted by Crippen LogP contribution is 2.27. The van der Waals surface area contributed by atoms with Crippen molar-refractivity contribution in [3.63, 3.8) is 0 Å². The number of aromatic nitrogens is 1. The molecule has 0 spiro atoms. The van der Waals surface area contributed by atoms with E-state index < -0.39 is 0 Å². The summed E-state index contributed by atoms with van der Waals surface area (Å²) in [5.74, 6) is 2.26. The van der Waals surface area contributed by atoms with Gasteiger partial charge in [0.2, 0.25) is 0 Å². The second-order valence-electron chi connectivity index (χ2n) is 5.29. The van der Waals surface area contributed by atoms with Gasteiger partial charge in [-0.25, -0.2) is 0 Å². The van der Waals surface area contributed by atoms with E-state index in [4.69, 9.17) is 4.74 Å². The first-order valence-electron chi connectivity index (χ1n) is 6.98. The Bertz CT molecular complexity index is 562. The van der Waals surface area contributed by atoms with E-state index in [1.165, 1.54) is 5.56 Å². The van der Waals surface area contributed by atoms with Crippen LogP contribution in [0.2, 0.25) is 0 Å². The molecule has 2 rings (SSSR count). The maximum Gasteiger partial charge on any atom is 0.135 e. The molecule has 0 unspecified atom stereocenters. The molecule has 20 heavy (non-hydrogen) atoms. The van der Waals surface area contributed by atoms with Crippen molar-refractivity contribution >= 4 is 0 Å². The van der Waals surface area contributed by atoms with Crippen LogP contribution in [0.3, 0.4) is 0 Å². The first-order valence-corrected chi connectivity index (χ1v) is 6.98. The van der Waals surface area contributed by atoms with Crippen molar-refractivity contribution in [3.05, 3.63) is 53.3 Å². The van der Waals surface area contributed by atoms with Gasteiger partial charge in [-0.15, -0.1) is 0 Å². The van der Waals surface area contributed by atoms with Gasteiger partial charge in [-0.2, -0.15) is 0 Å². The molecule has 0 aliphatic carbocycles. The van der Waals surface area contributed by atoms with E-state index in [2.05, 4.69) is 36.3 Å². The molecule has 0 atom stereocenters. The Labute approximate surface area is 121 Å². The molecule has 1 aromatic carbocycles. The van der Waals surface area contributed by atoms with Crippen LogP contribution in [-0.2, 0) is 6.54 Å². The third-order valence-corrected chi connectivity index (χ3v) is 3.22. The lowest BCUT2D eigenvalue weighted by Crippen LogP contribution is -2.07. The van der Waals surface area contributed by atoms with E-state index >= 15 is 0 Å². The summed E-state index contributed by atoms with van der Waals surface area (Å²) in [4.78, 5) is 4.32. The number of nitrogens with one attached hydrogen (secondary N) is 1. The molecule has 0 aliphatic rings. The molecule has 0 saturated carbocycles. The lowest BCUT2D eigenvalue weighted by molar-refractivity contribution is 0.472. The van der Waals surface area contributed by atoms with E-state index in [9.17, 15) is 0 Å². The number of ether oxygens (including phenoxy) is 1.